The van der Waals surface area contributed by atoms with E-state index in [0.29, 0.717) is 43.8 Å². The highest BCUT2D eigenvalue weighted by Crippen LogP contribution is 2.09. The normalized spacial score (nSPS) is 13.4. The lowest BCUT2D eigenvalue weighted by Gasteiger charge is -2.10. The van der Waals surface area contributed by atoms with Gasteiger partial charge in [-0.2, -0.15) is 0 Å². The van der Waals surface area contributed by atoms with Crippen LogP contribution in [0.5, 0.6) is 0 Å². The minimum absolute atomic E-state index is 0.0190. The highest BCUT2D eigenvalue weighted by atomic mass is 16.5. The topological polar surface area (TPSA) is 115 Å². The van der Waals surface area contributed by atoms with Crippen molar-refractivity contribution in [2.75, 3.05) is 13.2 Å². The van der Waals surface area contributed by atoms with Crippen molar-refractivity contribution in [2.24, 2.45) is 27.6 Å². The predicted molar refractivity (Wildman–Crippen MR) is 110 cm³/mol. The van der Waals surface area contributed by atoms with Crippen LogP contribution in [0.4, 0.5) is 0 Å². The van der Waals surface area contributed by atoms with E-state index in [9.17, 15) is 4.79 Å². The van der Waals surface area contributed by atoms with Crippen LogP contribution in [0.1, 0.15) is 57.6 Å². The summed E-state index contributed by atoms with van der Waals surface area (Å²) in [5, 5.41) is 10.5. The van der Waals surface area contributed by atoms with Gasteiger partial charge in [0, 0.05) is 25.1 Å². The molecule has 0 bridgehead atoms. The van der Waals surface area contributed by atoms with Gasteiger partial charge in [0.05, 0.1) is 6.61 Å². The molecule has 0 saturated heterocycles. The fourth-order valence-electron chi connectivity index (χ4n) is 2.46. The minimum Gasteiger partial charge on any atom is -0.386 e. The number of nitrogens with zero attached hydrogens (tertiary/aromatic N) is 2. The second-order valence-corrected chi connectivity index (χ2v) is 6.75. The molecule has 0 aromatic heterocycles. The molecule has 0 saturated carbocycles. The number of hydrogen-bond donors (Lipinski definition) is 3. The van der Waals surface area contributed by atoms with E-state index >= 15 is 0 Å². The Morgan fingerprint density at radius 3 is 2.48 bits per heavy atom. The maximum absolute atomic E-state index is 11.9. The Labute approximate surface area is 162 Å². The SMILES string of the molecule is CCCC(C)CCOCCC(=O)NCc1ccc(/C(N)=N/N=C(/C)N)cc1. The number of rotatable bonds is 12. The van der Waals surface area contributed by atoms with Gasteiger partial charge in [0.15, 0.2) is 5.84 Å². The lowest BCUT2D eigenvalue weighted by molar-refractivity contribution is -0.122. The van der Waals surface area contributed by atoms with E-state index in [-0.39, 0.29) is 5.91 Å². The number of nitrogens with two attached hydrogens (primary N) is 2. The first-order valence-electron chi connectivity index (χ1n) is 9.49. The molecule has 0 heterocycles. The quantitative estimate of drug-likeness (QED) is 0.225. The zero-order valence-corrected chi connectivity index (χ0v) is 16.7. The third-order valence-corrected chi connectivity index (χ3v) is 4.06. The second-order valence-electron chi connectivity index (χ2n) is 6.75. The van der Waals surface area contributed by atoms with Gasteiger partial charge in [-0.05, 0) is 24.8 Å². The van der Waals surface area contributed by atoms with E-state index in [0.717, 1.165) is 17.5 Å². The first-order chi connectivity index (χ1) is 12.9. The van der Waals surface area contributed by atoms with E-state index in [2.05, 4.69) is 29.4 Å². The zero-order valence-electron chi connectivity index (χ0n) is 16.7. The molecule has 0 aliphatic carbocycles. The van der Waals surface area contributed by atoms with E-state index in [4.69, 9.17) is 16.2 Å². The Morgan fingerprint density at radius 2 is 1.85 bits per heavy atom. The summed E-state index contributed by atoms with van der Waals surface area (Å²) in [6.07, 6.45) is 3.84. The van der Waals surface area contributed by atoms with Gasteiger partial charge in [0.1, 0.15) is 5.84 Å². The first-order valence-corrected chi connectivity index (χ1v) is 9.49. The van der Waals surface area contributed by atoms with Crippen molar-refractivity contribution < 1.29 is 9.53 Å². The molecular formula is C20H33N5O2. The van der Waals surface area contributed by atoms with Gasteiger partial charge in [0.2, 0.25) is 5.91 Å². The molecule has 150 valence electrons. The van der Waals surface area contributed by atoms with E-state index < -0.39 is 0 Å². The highest BCUT2D eigenvalue weighted by Gasteiger charge is 2.04. The number of amides is 1. The summed E-state index contributed by atoms with van der Waals surface area (Å²) >= 11 is 0. The van der Waals surface area contributed by atoms with Gasteiger partial charge in [-0.3, -0.25) is 4.79 Å². The fraction of sp³-hybridized carbons (Fsp3) is 0.550. The van der Waals surface area contributed by atoms with Gasteiger partial charge in [-0.1, -0.05) is 51.0 Å². The summed E-state index contributed by atoms with van der Waals surface area (Å²) in [5.41, 5.74) is 13.0. The van der Waals surface area contributed by atoms with Crippen LogP contribution in [0.25, 0.3) is 0 Å². The molecule has 1 aromatic rings. The van der Waals surface area contributed by atoms with Gasteiger partial charge in [-0.25, -0.2) is 0 Å². The molecule has 0 fully saturated rings. The molecule has 5 N–H and O–H groups in total. The standard InChI is InChI=1S/C20H33N5O2/c1-4-5-15(2)10-12-27-13-11-19(26)23-14-17-6-8-18(9-7-17)20(22)25-24-16(3)21/h6-9,15H,4-5,10-14H2,1-3H3,(H2,21,24)(H2,22,25)(H,23,26). The summed E-state index contributed by atoms with van der Waals surface area (Å²) in [5.74, 6) is 1.30. The molecule has 1 atom stereocenters. The number of ether oxygens (including phenoxy) is 1. The molecule has 7 heteroatoms. The van der Waals surface area contributed by atoms with E-state index in [1.807, 2.05) is 24.3 Å². The number of nitrogens with one attached hydrogen (secondary N) is 1. The van der Waals surface area contributed by atoms with Crippen LogP contribution in [0.3, 0.4) is 0 Å². The summed E-state index contributed by atoms with van der Waals surface area (Å²) in [6, 6.07) is 7.45. The fourth-order valence-corrected chi connectivity index (χ4v) is 2.46. The second kappa shape index (κ2) is 12.9. The van der Waals surface area contributed by atoms with Crippen molar-refractivity contribution in [3.63, 3.8) is 0 Å². The lowest BCUT2D eigenvalue weighted by atomic mass is 10.0. The molecule has 1 amide bonds. The third-order valence-electron chi connectivity index (χ3n) is 4.06. The summed E-state index contributed by atoms with van der Waals surface area (Å²) in [4.78, 5) is 11.9. The molecule has 0 spiro atoms. The van der Waals surface area contributed by atoms with Crippen LogP contribution >= 0.6 is 0 Å². The summed E-state index contributed by atoms with van der Waals surface area (Å²) in [6.45, 7) is 7.69. The molecule has 1 aromatic carbocycles. The van der Waals surface area contributed by atoms with Crippen molar-refractivity contribution >= 4 is 17.6 Å². The van der Waals surface area contributed by atoms with Gasteiger partial charge in [-0.15, -0.1) is 10.2 Å². The van der Waals surface area contributed by atoms with Crippen molar-refractivity contribution in [1.29, 1.82) is 0 Å². The van der Waals surface area contributed by atoms with E-state index in [1.165, 1.54) is 12.8 Å². The van der Waals surface area contributed by atoms with Crippen molar-refractivity contribution in [1.82, 2.24) is 5.32 Å². The largest absolute Gasteiger partial charge is 0.386 e. The molecule has 0 aliphatic rings. The Bertz CT molecular complexity index is 622. The van der Waals surface area contributed by atoms with Crippen molar-refractivity contribution in [2.45, 2.75) is 53.0 Å². The van der Waals surface area contributed by atoms with Crippen molar-refractivity contribution in [3.8, 4) is 0 Å². The Hall–Kier alpha value is -2.41. The van der Waals surface area contributed by atoms with Crippen LogP contribution in [0, 0.1) is 5.92 Å². The smallest absolute Gasteiger partial charge is 0.222 e. The zero-order chi connectivity index (χ0) is 20.1. The van der Waals surface area contributed by atoms with Crippen LogP contribution in [-0.2, 0) is 16.1 Å². The maximum Gasteiger partial charge on any atom is 0.222 e. The molecule has 1 unspecified atom stereocenters. The Morgan fingerprint density at radius 1 is 1.15 bits per heavy atom. The number of benzene rings is 1. The van der Waals surface area contributed by atoms with Crippen LogP contribution < -0.4 is 16.8 Å². The molecular weight excluding hydrogens is 342 g/mol. The third kappa shape index (κ3) is 10.4. The van der Waals surface area contributed by atoms with Crippen LogP contribution in [-0.4, -0.2) is 30.8 Å². The van der Waals surface area contributed by atoms with Crippen LogP contribution in [0.2, 0.25) is 0 Å². The van der Waals surface area contributed by atoms with Gasteiger partial charge >= 0.3 is 0 Å². The highest BCUT2D eigenvalue weighted by molar-refractivity contribution is 5.97. The average Bonchev–Trinajstić information content (AvgIpc) is 2.64. The Balaban J connectivity index is 2.28. The maximum atomic E-state index is 11.9. The predicted octanol–water partition coefficient (Wildman–Crippen LogP) is 2.53. The lowest BCUT2D eigenvalue weighted by Crippen LogP contribution is -2.24. The minimum atomic E-state index is -0.0190. The summed E-state index contributed by atoms with van der Waals surface area (Å²) < 4.78 is 5.55. The monoisotopic (exact) mass is 375 g/mol. The number of carbonyl (C=O) groups is 1. The first kappa shape index (κ1) is 22.6. The summed E-state index contributed by atoms with van der Waals surface area (Å²) in [7, 11) is 0. The molecule has 0 radical (unpaired) electrons. The average molecular weight is 376 g/mol. The molecule has 1 rings (SSSR count). The van der Waals surface area contributed by atoms with Crippen LogP contribution in [0.15, 0.2) is 34.5 Å². The van der Waals surface area contributed by atoms with E-state index in [1.54, 1.807) is 6.92 Å². The Kier molecular flexibility index (Phi) is 10.8. The number of amidine groups is 2. The van der Waals surface area contributed by atoms with Gasteiger partial charge < -0.3 is 21.5 Å². The molecule has 7 nitrogen and oxygen atoms in total. The van der Waals surface area contributed by atoms with Gasteiger partial charge in [0.25, 0.3) is 0 Å². The molecule has 0 aliphatic heterocycles. The van der Waals surface area contributed by atoms with Crippen molar-refractivity contribution in [3.05, 3.63) is 35.4 Å². The number of hydrogen-bond acceptors (Lipinski definition) is 4. The molecule has 27 heavy (non-hydrogen) atoms. The number of carbonyl (C=O) groups excluding carboxylic acids is 1.